The maximum absolute atomic E-state index is 6.13. The van der Waals surface area contributed by atoms with Crippen molar-refractivity contribution in [2.24, 2.45) is 5.73 Å². The highest BCUT2D eigenvalue weighted by Crippen LogP contribution is 2.24. The van der Waals surface area contributed by atoms with E-state index >= 15 is 0 Å². The molecule has 0 aliphatic rings. The Bertz CT molecular complexity index is 375. The Balaban J connectivity index is 2.65. The van der Waals surface area contributed by atoms with Crippen molar-refractivity contribution >= 4 is 0 Å². The molecule has 1 rings (SSSR count). The van der Waals surface area contributed by atoms with E-state index in [1.54, 1.807) is 0 Å². The summed E-state index contributed by atoms with van der Waals surface area (Å²) >= 11 is 0. The Kier molecular flexibility index (Phi) is 4.78. The first-order chi connectivity index (χ1) is 7.95. The molecule has 0 aliphatic heterocycles. The van der Waals surface area contributed by atoms with Gasteiger partial charge in [0.1, 0.15) is 0 Å². The van der Waals surface area contributed by atoms with Gasteiger partial charge >= 0.3 is 0 Å². The first kappa shape index (κ1) is 13.8. The normalized spacial score (nSPS) is 13.1. The van der Waals surface area contributed by atoms with Crippen molar-refractivity contribution < 1.29 is 0 Å². The molecule has 17 heavy (non-hydrogen) atoms. The predicted molar refractivity (Wildman–Crippen MR) is 74.8 cm³/mol. The standard InChI is InChI=1S/C16H23N/c1-5-6-7-8-15(17)13-9-11-14(12-10-13)16(2,3)4/h1,9-12,15H,6-8,17H2,2-4H3. The SMILES string of the molecule is C#CCCCC(N)c1ccc(C(C)(C)C)cc1. The largest absolute Gasteiger partial charge is 0.324 e. The van der Waals surface area contributed by atoms with Gasteiger partial charge in [0, 0.05) is 12.5 Å². The van der Waals surface area contributed by atoms with Crippen LogP contribution in [0.25, 0.3) is 0 Å². The molecule has 0 saturated carbocycles. The lowest BCUT2D eigenvalue weighted by Crippen LogP contribution is -2.13. The van der Waals surface area contributed by atoms with Crippen LogP contribution in [0.2, 0.25) is 0 Å². The van der Waals surface area contributed by atoms with Gasteiger partial charge in [-0.2, -0.15) is 0 Å². The average Bonchev–Trinajstić information content (AvgIpc) is 2.28. The van der Waals surface area contributed by atoms with E-state index < -0.39 is 0 Å². The molecule has 1 aromatic rings. The number of hydrogen-bond donors (Lipinski definition) is 1. The first-order valence-electron chi connectivity index (χ1n) is 6.24. The molecule has 92 valence electrons. The van der Waals surface area contributed by atoms with Crippen LogP contribution in [-0.2, 0) is 5.41 Å². The minimum Gasteiger partial charge on any atom is -0.324 e. The highest BCUT2D eigenvalue weighted by atomic mass is 14.6. The molecule has 1 nitrogen and oxygen atoms in total. The average molecular weight is 229 g/mol. The van der Waals surface area contributed by atoms with Crippen LogP contribution in [0, 0.1) is 12.3 Å². The molecule has 1 aromatic carbocycles. The van der Waals surface area contributed by atoms with E-state index in [0.717, 1.165) is 19.3 Å². The summed E-state index contributed by atoms with van der Waals surface area (Å²) in [7, 11) is 0. The van der Waals surface area contributed by atoms with E-state index in [4.69, 9.17) is 12.2 Å². The molecular weight excluding hydrogens is 206 g/mol. The zero-order chi connectivity index (χ0) is 12.9. The van der Waals surface area contributed by atoms with Crippen LogP contribution in [-0.4, -0.2) is 0 Å². The second-order valence-electron chi connectivity index (χ2n) is 5.57. The van der Waals surface area contributed by atoms with Crippen molar-refractivity contribution in [3.8, 4) is 12.3 Å². The Labute approximate surface area is 105 Å². The van der Waals surface area contributed by atoms with Crippen molar-refractivity contribution in [3.63, 3.8) is 0 Å². The highest BCUT2D eigenvalue weighted by Gasteiger charge is 2.13. The summed E-state index contributed by atoms with van der Waals surface area (Å²) in [5.41, 5.74) is 8.88. The number of benzene rings is 1. The van der Waals surface area contributed by atoms with Gasteiger partial charge in [-0.25, -0.2) is 0 Å². The maximum Gasteiger partial charge on any atom is 0.0295 e. The van der Waals surface area contributed by atoms with Crippen LogP contribution >= 0.6 is 0 Å². The van der Waals surface area contributed by atoms with Gasteiger partial charge in [0.15, 0.2) is 0 Å². The molecule has 0 amide bonds. The smallest absolute Gasteiger partial charge is 0.0295 e. The molecule has 0 bridgehead atoms. The minimum atomic E-state index is 0.109. The van der Waals surface area contributed by atoms with Gasteiger partial charge in [0.2, 0.25) is 0 Å². The van der Waals surface area contributed by atoms with Crippen molar-refractivity contribution in [3.05, 3.63) is 35.4 Å². The fourth-order valence-electron chi connectivity index (χ4n) is 1.82. The Morgan fingerprint density at radius 2 is 1.82 bits per heavy atom. The van der Waals surface area contributed by atoms with Crippen LogP contribution in [0.15, 0.2) is 24.3 Å². The fourth-order valence-corrected chi connectivity index (χ4v) is 1.82. The van der Waals surface area contributed by atoms with Crippen LogP contribution in [0.1, 0.15) is 57.2 Å². The Morgan fingerprint density at radius 1 is 1.24 bits per heavy atom. The van der Waals surface area contributed by atoms with Gasteiger partial charge in [-0.1, -0.05) is 45.0 Å². The summed E-state index contributed by atoms with van der Waals surface area (Å²) in [5, 5.41) is 0. The van der Waals surface area contributed by atoms with E-state index in [1.807, 2.05) is 0 Å². The van der Waals surface area contributed by atoms with Gasteiger partial charge in [0.25, 0.3) is 0 Å². The van der Waals surface area contributed by atoms with Gasteiger partial charge in [-0.15, -0.1) is 12.3 Å². The molecule has 1 atom stereocenters. The molecule has 0 aliphatic carbocycles. The van der Waals surface area contributed by atoms with Gasteiger partial charge in [0.05, 0.1) is 0 Å². The highest BCUT2D eigenvalue weighted by molar-refractivity contribution is 5.29. The van der Waals surface area contributed by atoms with Crippen molar-refractivity contribution in [2.75, 3.05) is 0 Å². The summed E-state index contributed by atoms with van der Waals surface area (Å²) in [4.78, 5) is 0. The Morgan fingerprint density at radius 3 is 2.29 bits per heavy atom. The van der Waals surface area contributed by atoms with Crippen molar-refractivity contribution in [1.82, 2.24) is 0 Å². The zero-order valence-electron chi connectivity index (χ0n) is 11.2. The van der Waals surface area contributed by atoms with E-state index in [1.165, 1.54) is 11.1 Å². The molecule has 2 N–H and O–H groups in total. The molecule has 0 fully saturated rings. The van der Waals surface area contributed by atoms with Gasteiger partial charge < -0.3 is 5.73 Å². The predicted octanol–water partition coefficient (Wildman–Crippen LogP) is 3.79. The molecule has 0 radical (unpaired) electrons. The van der Waals surface area contributed by atoms with Crippen LogP contribution in [0.3, 0.4) is 0 Å². The lowest BCUT2D eigenvalue weighted by molar-refractivity contribution is 0.587. The third kappa shape index (κ3) is 4.24. The monoisotopic (exact) mass is 229 g/mol. The third-order valence-electron chi connectivity index (χ3n) is 3.04. The molecule has 0 aromatic heterocycles. The molecule has 0 saturated heterocycles. The number of nitrogens with two attached hydrogens (primary N) is 1. The molecule has 0 heterocycles. The molecule has 1 unspecified atom stereocenters. The fraction of sp³-hybridized carbons (Fsp3) is 0.500. The number of unbranched alkanes of at least 4 members (excludes halogenated alkanes) is 1. The summed E-state index contributed by atoms with van der Waals surface area (Å²) in [6.45, 7) is 6.65. The quantitative estimate of drug-likeness (QED) is 0.617. The number of rotatable bonds is 4. The summed E-state index contributed by atoms with van der Waals surface area (Å²) in [5.74, 6) is 2.65. The number of terminal acetylenes is 1. The van der Waals surface area contributed by atoms with Crippen molar-refractivity contribution in [1.29, 1.82) is 0 Å². The second kappa shape index (κ2) is 5.89. The van der Waals surface area contributed by atoms with Crippen LogP contribution in [0.5, 0.6) is 0 Å². The second-order valence-corrected chi connectivity index (χ2v) is 5.57. The van der Waals surface area contributed by atoms with E-state index in [0.29, 0.717) is 0 Å². The minimum absolute atomic E-state index is 0.109. The maximum atomic E-state index is 6.13. The van der Waals surface area contributed by atoms with Crippen molar-refractivity contribution in [2.45, 2.75) is 51.5 Å². The summed E-state index contributed by atoms with van der Waals surface area (Å²) in [6.07, 6.45) is 8.00. The van der Waals surface area contributed by atoms with E-state index in [-0.39, 0.29) is 11.5 Å². The summed E-state index contributed by atoms with van der Waals surface area (Å²) < 4.78 is 0. The molecule has 0 spiro atoms. The zero-order valence-corrected chi connectivity index (χ0v) is 11.2. The molecular formula is C16H23N. The van der Waals surface area contributed by atoms with E-state index in [2.05, 4.69) is 51.0 Å². The topological polar surface area (TPSA) is 26.0 Å². The van der Waals surface area contributed by atoms with Crippen LogP contribution < -0.4 is 5.73 Å². The summed E-state index contributed by atoms with van der Waals surface area (Å²) in [6, 6.07) is 8.74. The first-order valence-corrected chi connectivity index (χ1v) is 6.24. The van der Waals surface area contributed by atoms with Gasteiger partial charge in [-0.05, 0) is 29.4 Å². The van der Waals surface area contributed by atoms with Crippen LogP contribution in [0.4, 0.5) is 0 Å². The number of hydrogen-bond acceptors (Lipinski definition) is 1. The Hall–Kier alpha value is -1.26. The third-order valence-corrected chi connectivity index (χ3v) is 3.04. The lowest BCUT2D eigenvalue weighted by atomic mass is 9.86. The molecule has 1 heteroatoms. The van der Waals surface area contributed by atoms with E-state index in [9.17, 15) is 0 Å². The van der Waals surface area contributed by atoms with Gasteiger partial charge in [-0.3, -0.25) is 0 Å². The lowest BCUT2D eigenvalue weighted by Gasteiger charge is -2.20.